The van der Waals surface area contributed by atoms with Crippen molar-refractivity contribution in [1.29, 1.82) is 0 Å². The summed E-state index contributed by atoms with van der Waals surface area (Å²) in [5.41, 5.74) is 10.1. The summed E-state index contributed by atoms with van der Waals surface area (Å²) in [6, 6.07) is 1.05. The monoisotopic (exact) mass is 236 g/mol. The maximum Gasteiger partial charge on any atom is 0.320 e. The molecule has 0 aliphatic heterocycles. The first-order chi connectivity index (χ1) is 7.26. The van der Waals surface area contributed by atoms with E-state index in [1.807, 2.05) is 0 Å². The standard InChI is InChI=1S/C4H12O2Si.C3H10N2.C3H6/c1-4-7(5-2)6-3;4-2-1-3-5;1-2-3-1/h7H,4H2,1-3H3;1-5H2;1-3H2. The zero-order valence-corrected chi connectivity index (χ0v) is 11.7. The average molecular weight is 236 g/mol. The van der Waals surface area contributed by atoms with Crippen LogP contribution < -0.4 is 11.5 Å². The molecule has 1 rings (SSSR count). The molecule has 4 nitrogen and oxygen atoms in total. The molecule has 0 saturated heterocycles. The molecule has 1 aliphatic carbocycles. The summed E-state index contributed by atoms with van der Waals surface area (Å²) in [6.45, 7) is 3.51. The Labute approximate surface area is 96.2 Å². The highest BCUT2D eigenvalue weighted by Crippen LogP contribution is 2.14. The van der Waals surface area contributed by atoms with Crippen LogP contribution in [0.3, 0.4) is 0 Å². The Kier molecular flexibility index (Phi) is 19.2. The van der Waals surface area contributed by atoms with E-state index in [0.29, 0.717) is 0 Å². The molecule has 4 N–H and O–H groups in total. The molecule has 1 aliphatic rings. The quantitative estimate of drug-likeness (QED) is 0.698. The van der Waals surface area contributed by atoms with Gasteiger partial charge in [0.25, 0.3) is 0 Å². The van der Waals surface area contributed by atoms with Crippen molar-refractivity contribution in [3.63, 3.8) is 0 Å². The minimum atomic E-state index is -1.17. The lowest BCUT2D eigenvalue weighted by atomic mass is 10.4. The highest BCUT2D eigenvalue weighted by Gasteiger charge is 2.02. The summed E-state index contributed by atoms with van der Waals surface area (Å²) in [5.74, 6) is 0. The van der Waals surface area contributed by atoms with Crippen LogP contribution in [-0.2, 0) is 8.85 Å². The number of nitrogens with two attached hydrogens (primary N) is 2. The predicted molar refractivity (Wildman–Crippen MR) is 68.2 cm³/mol. The highest BCUT2D eigenvalue weighted by molar-refractivity contribution is 6.44. The van der Waals surface area contributed by atoms with E-state index in [1.165, 1.54) is 19.3 Å². The molecule has 1 saturated carbocycles. The molecular formula is C10H28N2O2Si. The van der Waals surface area contributed by atoms with Crippen LogP contribution in [0.2, 0.25) is 6.04 Å². The molecule has 0 amide bonds. The Hall–Kier alpha value is 0.0569. The van der Waals surface area contributed by atoms with Crippen LogP contribution in [0, 0.1) is 0 Å². The van der Waals surface area contributed by atoms with E-state index in [1.54, 1.807) is 14.2 Å². The van der Waals surface area contributed by atoms with Gasteiger partial charge in [0.1, 0.15) is 0 Å². The lowest BCUT2D eigenvalue weighted by Gasteiger charge is -2.05. The summed E-state index contributed by atoms with van der Waals surface area (Å²) in [7, 11) is 2.23. The summed E-state index contributed by atoms with van der Waals surface area (Å²) < 4.78 is 9.93. The lowest BCUT2D eigenvalue weighted by Crippen LogP contribution is -2.16. The molecule has 0 unspecified atom stereocenters. The van der Waals surface area contributed by atoms with Crippen molar-refractivity contribution < 1.29 is 8.85 Å². The van der Waals surface area contributed by atoms with Gasteiger partial charge in [-0.2, -0.15) is 0 Å². The SMILES string of the molecule is C1CC1.CC[SiH](OC)OC.NCCCN. The second-order valence-corrected chi connectivity index (χ2v) is 5.92. The van der Waals surface area contributed by atoms with Crippen molar-refractivity contribution in [2.24, 2.45) is 11.5 Å². The van der Waals surface area contributed by atoms with Crippen molar-refractivity contribution >= 4 is 9.28 Å². The summed E-state index contributed by atoms with van der Waals surface area (Å²) in [6.07, 6.45) is 5.44. The Morgan fingerprint density at radius 1 is 1.00 bits per heavy atom. The van der Waals surface area contributed by atoms with E-state index in [9.17, 15) is 0 Å². The van der Waals surface area contributed by atoms with Gasteiger partial charge in [-0.15, -0.1) is 0 Å². The Balaban J connectivity index is 0. The van der Waals surface area contributed by atoms with Gasteiger partial charge >= 0.3 is 9.28 Å². The first kappa shape index (κ1) is 17.5. The third-order valence-corrected chi connectivity index (χ3v) is 3.34. The van der Waals surface area contributed by atoms with Crippen LogP contribution >= 0.6 is 0 Å². The highest BCUT2D eigenvalue weighted by atomic mass is 28.3. The van der Waals surface area contributed by atoms with Crippen LogP contribution in [0.25, 0.3) is 0 Å². The average Bonchev–Trinajstić information content (AvgIpc) is 3.10. The molecule has 0 heterocycles. The largest absolute Gasteiger partial charge is 0.400 e. The first-order valence-electron chi connectivity index (χ1n) is 5.72. The van der Waals surface area contributed by atoms with Gasteiger partial charge in [0.15, 0.2) is 0 Å². The van der Waals surface area contributed by atoms with E-state index in [-0.39, 0.29) is 0 Å². The van der Waals surface area contributed by atoms with Crippen molar-refractivity contribution in [2.45, 2.75) is 38.7 Å². The van der Waals surface area contributed by atoms with E-state index in [2.05, 4.69) is 6.92 Å². The lowest BCUT2D eigenvalue weighted by molar-refractivity contribution is 0.279. The molecule has 0 aromatic carbocycles. The van der Waals surface area contributed by atoms with Gasteiger partial charge in [0.05, 0.1) is 0 Å². The van der Waals surface area contributed by atoms with Crippen LogP contribution in [0.4, 0.5) is 0 Å². The fourth-order valence-corrected chi connectivity index (χ4v) is 1.41. The smallest absolute Gasteiger partial charge is 0.320 e. The number of hydrogen-bond donors (Lipinski definition) is 2. The first-order valence-corrected chi connectivity index (χ1v) is 7.48. The van der Waals surface area contributed by atoms with Crippen molar-refractivity contribution in [2.75, 3.05) is 27.3 Å². The molecule has 5 heteroatoms. The molecular weight excluding hydrogens is 208 g/mol. The van der Waals surface area contributed by atoms with E-state index in [4.69, 9.17) is 20.3 Å². The number of hydrogen-bond acceptors (Lipinski definition) is 4. The fraction of sp³-hybridized carbons (Fsp3) is 1.00. The summed E-state index contributed by atoms with van der Waals surface area (Å²) >= 11 is 0. The number of rotatable bonds is 5. The van der Waals surface area contributed by atoms with Crippen LogP contribution in [0.1, 0.15) is 32.6 Å². The van der Waals surface area contributed by atoms with Gasteiger partial charge in [0, 0.05) is 14.2 Å². The second kappa shape index (κ2) is 16.5. The molecule has 15 heavy (non-hydrogen) atoms. The van der Waals surface area contributed by atoms with Gasteiger partial charge in [0.2, 0.25) is 0 Å². The molecule has 0 aromatic heterocycles. The maximum absolute atomic E-state index is 5.06. The van der Waals surface area contributed by atoms with Crippen LogP contribution in [0.15, 0.2) is 0 Å². The van der Waals surface area contributed by atoms with Gasteiger partial charge in [-0.05, 0) is 25.6 Å². The normalized spacial score (nSPS) is 12.4. The maximum atomic E-state index is 5.06. The molecule has 94 valence electrons. The van der Waals surface area contributed by atoms with Crippen LogP contribution in [0.5, 0.6) is 0 Å². The third-order valence-electron chi connectivity index (χ3n) is 1.62. The minimum absolute atomic E-state index is 0.719. The summed E-state index contributed by atoms with van der Waals surface area (Å²) in [4.78, 5) is 0. The van der Waals surface area contributed by atoms with Crippen molar-refractivity contribution in [3.8, 4) is 0 Å². The van der Waals surface area contributed by atoms with Crippen molar-refractivity contribution in [1.82, 2.24) is 0 Å². The third kappa shape index (κ3) is 24.9. The topological polar surface area (TPSA) is 70.5 Å². The Bertz CT molecular complexity index is 91.2. The molecule has 0 radical (unpaired) electrons. The van der Waals surface area contributed by atoms with E-state index >= 15 is 0 Å². The molecule has 0 aromatic rings. The second-order valence-electron chi connectivity index (χ2n) is 3.30. The molecule has 0 spiro atoms. The fourth-order valence-electron chi connectivity index (χ4n) is 0.547. The van der Waals surface area contributed by atoms with Gasteiger partial charge in [-0.25, -0.2) is 0 Å². The van der Waals surface area contributed by atoms with E-state index in [0.717, 1.165) is 25.6 Å². The van der Waals surface area contributed by atoms with Gasteiger partial charge in [-0.3, -0.25) is 0 Å². The van der Waals surface area contributed by atoms with E-state index < -0.39 is 9.28 Å². The van der Waals surface area contributed by atoms with Crippen LogP contribution in [-0.4, -0.2) is 36.6 Å². The van der Waals surface area contributed by atoms with Crippen molar-refractivity contribution in [3.05, 3.63) is 0 Å². The minimum Gasteiger partial charge on any atom is -0.400 e. The summed E-state index contributed by atoms with van der Waals surface area (Å²) in [5, 5.41) is 0. The van der Waals surface area contributed by atoms with Gasteiger partial charge in [-0.1, -0.05) is 26.2 Å². The molecule has 1 fully saturated rings. The Morgan fingerprint density at radius 2 is 1.40 bits per heavy atom. The molecule has 0 atom stereocenters. The Morgan fingerprint density at radius 3 is 1.40 bits per heavy atom. The zero-order chi connectivity index (χ0) is 11.9. The predicted octanol–water partition coefficient (Wildman–Crippen LogP) is 0.984. The van der Waals surface area contributed by atoms with Gasteiger partial charge < -0.3 is 20.3 Å². The zero-order valence-electron chi connectivity index (χ0n) is 10.5. The molecule has 0 bridgehead atoms.